The first-order chi connectivity index (χ1) is 10.7. The molecule has 1 heterocycles. The molecule has 1 amide bonds. The molecule has 1 atom stereocenters. The minimum absolute atomic E-state index is 0.220. The van der Waals surface area contributed by atoms with Gasteiger partial charge in [-0.05, 0) is 39.0 Å². The molecule has 126 valence electrons. The Kier molecular flexibility index (Phi) is 5.42. The highest BCUT2D eigenvalue weighted by molar-refractivity contribution is 6.30. The van der Waals surface area contributed by atoms with Gasteiger partial charge in [0.05, 0.1) is 5.69 Å². The van der Waals surface area contributed by atoms with Crippen LogP contribution in [0.15, 0.2) is 18.2 Å². The molecule has 1 aromatic rings. The number of ether oxygens (including phenoxy) is 2. The summed E-state index contributed by atoms with van der Waals surface area (Å²) in [4.78, 5) is 25.4. The lowest BCUT2D eigenvalue weighted by atomic mass is 9.99. The normalized spacial score (nSPS) is 17.4. The Balaban J connectivity index is 2.31. The van der Waals surface area contributed by atoms with Crippen molar-refractivity contribution in [3.8, 4) is 0 Å². The maximum Gasteiger partial charge on any atom is 0.414 e. The van der Waals surface area contributed by atoms with Gasteiger partial charge >= 0.3 is 12.1 Å². The lowest BCUT2D eigenvalue weighted by molar-refractivity contribution is -0.146. The largest absolute Gasteiger partial charge is 0.456 e. The van der Waals surface area contributed by atoms with E-state index in [1.807, 2.05) is 20.8 Å². The van der Waals surface area contributed by atoms with Gasteiger partial charge in [-0.2, -0.15) is 0 Å². The number of nitrogens with zero attached hydrogens (tertiary/aromatic N) is 1. The lowest BCUT2D eigenvalue weighted by Gasteiger charge is -2.35. The number of carbonyl (C=O) groups is 2. The zero-order chi connectivity index (χ0) is 17.2. The Labute approximate surface area is 145 Å². The molecule has 1 aromatic carbocycles. The lowest BCUT2D eigenvalue weighted by Crippen LogP contribution is -2.41. The number of benzene rings is 1. The van der Waals surface area contributed by atoms with Crippen molar-refractivity contribution in [2.75, 3.05) is 17.3 Å². The third-order valence-corrected chi connectivity index (χ3v) is 3.69. The van der Waals surface area contributed by atoms with Crippen molar-refractivity contribution < 1.29 is 19.1 Å². The summed E-state index contributed by atoms with van der Waals surface area (Å²) in [6.07, 6.45) is -0.466. The molecule has 5 nitrogen and oxygen atoms in total. The molecule has 0 radical (unpaired) electrons. The van der Waals surface area contributed by atoms with E-state index in [9.17, 15) is 9.59 Å². The number of amides is 1. The molecule has 0 fully saturated rings. The van der Waals surface area contributed by atoms with Gasteiger partial charge < -0.3 is 9.47 Å². The maximum atomic E-state index is 12.4. The summed E-state index contributed by atoms with van der Waals surface area (Å²) in [5.74, 6) is -0.726. The Bertz CT molecular complexity index is 613. The van der Waals surface area contributed by atoms with Crippen LogP contribution in [0.2, 0.25) is 5.02 Å². The zero-order valence-electron chi connectivity index (χ0n) is 13.3. The van der Waals surface area contributed by atoms with Crippen LogP contribution in [0.4, 0.5) is 10.5 Å². The van der Waals surface area contributed by atoms with Gasteiger partial charge in [0, 0.05) is 23.6 Å². The molecule has 1 aliphatic heterocycles. The Morgan fingerprint density at radius 2 is 2.04 bits per heavy atom. The second kappa shape index (κ2) is 6.97. The predicted octanol–water partition coefficient (Wildman–Crippen LogP) is 4.31. The molecule has 7 heteroatoms. The Hall–Kier alpha value is -1.46. The van der Waals surface area contributed by atoms with Crippen molar-refractivity contribution in [1.29, 1.82) is 0 Å². The highest BCUT2D eigenvalue weighted by Crippen LogP contribution is 2.38. The summed E-state index contributed by atoms with van der Waals surface area (Å²) in [6.45, 7) is 5.80. The van der Waals surface area contributed by atoms with E-state index in [1.54, 1.807) is 18.2 Å². The van der Waals surface area contributed by atoms with Crippen LogP contribution >= 0.6 is 23.2 Å². The highest BCUT2D eigenvalue weighted by Gasteiger charge is 2.33. The van der Waals surface area contributed by atoms with Crippen molar-refractivity contribution in [2.45, 2.75) is 38.9 Å². The van der Waals surface area contributed by atoms with Gasteiger partial charge in [0.2, 0.25) is 0 Å². The first kappa shape index (κ1) is 17.9. The van der Waals surface area contributed by atoms with Gasteiger partial charge in [0.15, 0.2) is 0 Å². The summed E-state index contributed by atoms with van der Waals surface area (Å²) in [7, 11) is 0. The number of rotatable bonds is 2. The Morgan fingerprint density at radius 3 is 2.65 bits per heavy atom. The fourth-order valence-electron chi connectivity index (χ4n) is 2.37. The van der Waals surface area contributed by atoms with Crippen molar-refractivity contribution in [3.05, 3.63) is 28.8 Å². The second-order valence-corrected chi connectivity index (χ2v) is 6.94. The van der Waals surface area contributed by atoms with Crippen LogP contribution in [-0.2, 0) is 14.3 Å². The average molecular weight is 360 g/mol. The molecule has 2 rings (SSSR count). The maximum absolute atomic E-state index is 12.4. The molecule has 0 spiro atoms. The van der Waals surface area contributed by atoms with Crippen molar-refractivity contribution in [1.82, 2.24) is 0 Å². The summed E-state index contributed by atoms with van der Waals surface area (Å²) in [5, 5.41) is 0.502. The van der Waals surface area contributed by atoms with Crippen LogP contribution in [0.5, 0.6) is 0 Å². The smallest absolute Gasteiger partial charge is 0.414 e. The first-order valence-corrected chi connectivity index (χ1v) is 8.18. The topological polar surface area (TPSA) is 55.8 Å². The van der Waals surface area contributed by atoms with Crippen molar-refractivity contribution in [3.63, 3.8) is 0 Å². The van der Waals surface area contributed by atoms with Crippen LogP contribution in [0.1, 0.15) is 38.9 Å². The SMILES string of the molecule is CC(C)(C)OC(=O)N1CC[C@@H](OC(=O)CCl)c2cc(Cl)ccc21. The van der Waals surface area contributed by atoms with Crippen molar-refractivity contribution in [2.24, 2.45) is 0 Å². The van der Waals surface area contributed by atoms with Gasteiger partial charge in [-0.15, -0.1) is 11.6 Å². The number of hydrogen-bond donors (Lipinski definition) is 0. The van der Waals surface area contributed by atoms with Gasteiger partial charge in [-0.1, -0.05) is 11.6 Å². The third kappa shape index (κ3) is 4.52. The number of alkyl halides is 1. The monoisotopic (exact) mass is 359 g/mol. The fourth-order valence-corrected chi connectivity index (χ4v) is 2.61. The molecule has 1 aliphatic rings. The molecule has 0 saturated heterocycles. The highest BCUT2D eigenvalue weighted by atomic mass is 35.5. The number of anilines is 1. The van der Waals surface area contributed by atoms with E-state index >= 15 is 0 Å². The molecule has 0 N–H and O–H groups in total. The third-order valence-electron chi connectivity index (χ3n) is 3.24. The van der Waals surface area contributed by atoms with Crippen LogP contribution in [0.25, 0.3) is 0 Å². The van der Waals surface area contributed by atoms with Crippen LogP contribution in [0, 0.1) is 0 Å². The number of halogens is 2. The molecular formula is C16H19Cl2NO4. The van der Waals surface area contributed by atoms with E-state index in [2.05, 4.69) is 0 Å². The zero-order valence-corrected chi connectivity index (χ0v) is 14.8. The molecule has 0 aliphatic carbocycles. The molecule has 0 saturated carbocycles. The summed E-state index contributed by atoms with van der Waals surface area (Å²) in [6, 6.07) is 5.10. The Morgan fingerprint density at radius 1 is 1.35 bits per heavy atom. The molecule has 0 unspecified atom stereocenters. The van der Waals surface area contributed by atoms with Gasteiger partial charge in [0.25, 0.3) is 0 Å². The summed E-state index contributed by atoms with van der Waals surface area (Å²) in [5.41, 5.74) is 0.710. The predicted molar refractivity (Wildman–Crippen MR) is 89.2 cm³/mol. The van der Waals surface area contributed by atoms with E-state index < -0.39 is 23.8 Å². The number of hydrogen-bond acceptors (Lipinski definition) is 4. The molecule has 23 heavy (non-hydrogen) atoms. The van der Waals surface area contributed by atoms with E-state index in [1.165, 1.54) is 4.90 Å². The number of esters is 1. The van der Waals surface area contributed by atoms with Crippen LogP contribution < -0.4 is 4.90 Å². The number of fused-ring (bicyclic) bond motifs is 1. The minimum atomic E-state index is -0.592. The van der Waals surface area contributed by atoms with Gasteiger partial charge in [0.1, 0.15) is 17.6 Å². The first-order valence-electron chi connectivity index (χ1n) is 7.26. The molecule has 0 aromatic heterocycles. The van der Waals surface area contributed by atoms with E-state index in [0.717, 1.165) is 0 Å². The summed E-state index contributed by atoms with van der Waals surface area (Å²) >= 11 is 11.5. The minimum Gasteiger partial charge on any atom is -0.456 e. The molecule has 0 bridgehead atoms. The quantitative estimate of drug-likeness (QED) is 0.583. The fraction of sp³-hybridized carbons (Fsp3) is 0.500. The van der Waals surface area contributed by atoms with Crippen LogP contribution in [0.3, 0.4) is 0 Å². The van der Waals surface area contributed by atoms with Gasteiger partial charge in [-0.3, -0.25) is 9.69 Å². The number of carbonyl (C=O) groups excluding carboxylic acids is 2. The van der Waals surface area contributed by atoms with Gasteiger partial charge in [-0.25, -0.2) is 4.79 Å². The average Bonchev–Trinajstić information content (AvgIpc) is 2.45. The molecular weight excluding hydrogens is 341 g/mol. The second-order valence-electron chi connectivity index (χ2n) is 6.24. The standard InChI is InChI=1S/C16H19Cl2NO4/c1-16(2,3)23-15(21)19-7-6-13(22-14(20)9-17)11-8-10(18)4-5-12(11)19/h4-5,8,13H,6-7,9H2,1-3H3/t13-/m1/s1. The summed E-state index contributed by atoms with van der Waals surface area (Å²) < 4.78 is 10.8. The van der Waals surface area contributed by atoms with Crippen molar-refractivity contribution >= 4 is 41.0 Å². The van der Waals surface area contributed by atoms with E-state index in [-0.39, 0.29) is 5.88 Å². The van der Waals surface area contributed by atoms with Crippen LogP contribution in [-0.4, -0.2) is 30.1 Å². The van der Waals surface area contributed by atoms with E-state index in [0.29, 0.717) is 29.2 Å². The van der Waals surface area contributed by atoms with E-state index in [4.69, 9.17) is 32.7 Å².